The molecule has 0 saturated carbocycles. The number of likely N-dealkylation sites (tertiary alicyclic amines) is 1. The van der Waals surface area contributed by atoms with Crippen LogP contribution in [0.15, 0.2) is 6.20 Å². The van der Waals surface area contributed by atoms with Crippen molar-refractivity contribution in [2.24, 2.45) is 11.7 Å². The van der Waals surface area contributed by atoms with Gasteiger partial charge in [-0.05, 0) is 19.8 Å². The number of piperidine rings is 1. The first kappa shape index (κ1) is 12.8. The van der Waals surface area contributed by atoms with E-state index in [1.807, 2.05) is 0 Å². The van der Waals surface area contributed by atoms with Crippen LogP contribution in [0, 0.1) is 5.92 Å². The second-order valence-electron chi connectivity index (χ2n) is 4.53. The Bertz CT molecular complexity index is 409. The predicted octanol–water partition coefficient (Wildman–Crippen LogP) is 1.88. The highest BCUT2D eigenvalue weighted by Crippen LogP contribution is 2.26. The highest BCUT2D eigenvalue weighted by Gasteiger charge is 2.28. The Hall–Kier alpha value is -0.650. The lowest BCUT2D eigenvalue weighted by Gasteiger charge is -2.36. The van der Waals surface area contributed by atoms with Crippen LogP contribution in [-0.2, 0) is 11.3 Å². The summed E-state index contributed by atoms with van der Waals surface area (Å²) in [5.74, 6) is -0.209. The van der Waals surface area contributed by atoms with Gasteiger partial charge in [-0.3, -0.25) is 9.69 Å². The predicted molar refractivity (Wildman–Crippen MR) is 68.9 cm³/mol. The summed E-state index contributed by atoms with van der Waals surface area (Å²) in [5, 5.41) is 0. The Morgan fingerprint density at radius 1 is 1.71 bits per heavy atom. The molecule has 94 valence electrons. The van der Waals surface area contributed by atoms with E-state index in [0.717, 1.165) is 30.8 Å². The van der Waals surface area contributed by atoms with Gasteiger partial charge in [0.15, 0.2) is 4.47 Å². The van der Waals surface area contributed by atoms with Crippen molar-refractivity contribution in [2.45, 2.75) is 32.4 Å². The quantitative estimate of drug-likeness (QED) is 0.915. The highest BCUT2D eigenvalue weighted by molar-refractivity contribution is 7.15. The number of thiazole rings is 1. The maximum Gasteiger partial charge on any atom is 0.221 e. The van der Waals surface area contributed by atoms with E-state index in [4.69, 9.17) is 17.3 Å². The highest BCUT2D eigenvalue weighted by atomic mass is 35.5. The lowest BCUT2D eigenvalue weighted by atomic mass is 9.93. The van der Waals surface area contributed by atoms with Crippen LogP contribution in [0.5, 0.6) is 0 Å². The van der Waals surface area contributed by atoms with E-state index in [2.05, 4.69) is 16.8 Å². The van der Waals surface area contributed by atoms with Crippen molar-refractivity contribution in [3.8, 4) is 0 Å². The van der Waals surface area contributed by atoms with Gasteiger partial charge in [0.1, 0.15) is 0 Å². The third-order valence-corrected chi connectivity index (χ3v) is 4.40. The van der Waals surface area contributed by atoms with Crippen LogP contribution in [0.2, 0.25) is 4.47 Å². The second kappa shape index (κ2) is 5.33. The number of hydrogen-bond donors (Lipinski definition) is 1. The smallest absolute Gasteiger partial charge is 0.221 e. The van der Waals surface area contributed by atoms with Gasteiger partial charge in [0, 0.05) is 30.2 Å². The lowest BCUT2D eigenvalue weighted by Crippen LogP contribution is -2.45. The van der Waals surface area contributed by atoms with Crippen LogP contribution < -0.4 is 5.73 Å². The maximum absolute atomic E-state index is 11.2. The Balaban J connectivity index is 2.00. The van der Waals surface area contributed by atoms with E-state index in [-0.39, 0.29) is 11.8 Å². The minimum absolute atomic E-state index is 0.0189. The number of carbonyl (C=O) groups excluding carboxylic acids is 1. The molecule has 1 amide bonds. The standard InChI is InChI=1S/C11H16ClN3OS/c1-7-2-3-8(10(13)16)5-15(7)6-9-4-14-11(12)17-9/h4,7-8H,2-3,5-6H2,1H3,(H2,13,16). The number of amides is 1. The monoisotopic (exact) mass is 273 g/mol. The summed E-state index contributed by atoms with van der Waals surface area (Å²) >= 11 is 7.30. The molecule has 0 spiro atoms. The van der Waals surface area contributed by atoms with Gasteiger partial charge in [0.25, 0.3) is 0 Å². The van der Waals surface area contributed by atoms with Crippen molar-refractivity contribution < 1.29 is 4.79 Å². The molecule has 1 fully saturated rings. The molecule has 1 aliphatic rings. The molecule has 1 aromatic heterocycles. The van der Waals surface area contributed by atoms with E-state index >= 15 is 0 Å². The summed E-state index contributed by atoms with van der Waals surface area (Å²) in [6, 6.07) is 0.478. The molecule has 2 rings (SSSR count). The Kier molecular flexibility index (Phi) is 4.01. The van der Waals surface area contributed by atoms with Crippen molar-refractivity contribution in [2.75, 3.05) is 6.54 Å². The van der Waals surface area contributed by atoms with Crippen molar-refractivity contribution in [1.82, 2.24) is 9.88 Å². The molecule has 0 aliphatic carbocycles. The molecule has 1 aliphatic heterocycles. The zero-order valence-corrected chi connectivity index (χ0v) is 11.3. The Morgan fingerprint density at radius 3 is 3.06 bits per heavy atom. The molecule has 1 saturated heterocycles. The van der Waals surface area contributed by atoms with Gasteiger partial charge in [-0.2, -0.15) is 0 Å². The number of hydrogen-bond acceptors (Lipinski definition) is 4. The third-order valence-electron chi connectivity index (χ3n) is 3.30. The van der Waals surface area contributed by atoms with E-state index in [1.54, 1.807) is 6.20 Å². The lowest BCUT2D eigenvalue weighted by molar-refractivity contribution is -0.124. The molecule has 6 heteroatoms. The molecule has 4 nitrogen and oxygen atoms in total. The first-order valence-corrected chi connectivity index (χ1v) is 6.89. The van der Waals surface area contributed by atoms with Gasteiger partial charge >= 0.3 is 0 Å². The molecular formula is C11H16ClN3OS. The van der Waals surface area contributed by atoms with Crippen LogP contribution >= 0.6 is 22.9 Å². The average Bonchev–Trinajstić information content (AvgIpc) is 2.67. The summed E-state index contributed by atoms with van der Waals surface area (Å²) in [5.41, 5.74) is 5.38. The van der Waals surface area contributed by atoms with E-state index < -0.39 is 0 Å². The van der Waals surface area contributed by atoms with Crippen molar-refractivity contribution in [3.05, 3.63) is 15.5 Å². The topological polar surface area (TPSA) is 59.2 Å². The number of rotatable bonds is 3. The number of nitrogens with two attached hydrogens (primary N) is 1. The Morgan fingerprint density at radius 2 is 2.47 bits per heavy atom. The molecule has 2 N–H and O–H groups in total. The summed E-state index contributed by atoms with van der Waals surface area (Å²) in [6.07, 6.45) is 3.71. The first-order valence-electron chi connectivity index (χ1n) is 5.70. The molecule has 2 atom stereocenters. The Labute approximate surface area is 110 Å². The number of halogens is 1. The van der Waals surface area contributed by atoms with Gasteiger partial charge in [-0.25, -0.2) is 4.98 Å². The van der Waals surface area contributed by atoms with Gasteiger partial charge in [0.05, 0.1) is 5.92 Å². The fourth-order valence-corrected chi connectivity index (χ4v) is 3.19. The molecular weight excluding hydrogens is 258 g/mol. The molecule has 2 heterocycles. The molecule has 0 aromatic carbocycles. The second-order valence-corrected chi connectivity index (χ2v) is 6.23. The van der Waals surface area contributed by atoms with Crippen LogP contribution in [0.4, 0.5) is 0 Å². The van der Waals surface area contributed by atoms with E-state index in [0.29, 0.717) is 10.5 Å². The van der Waals surface area contributed by atoms with Crippen LogP contribution in [0.3, 0.4) is 0 Å². The van der Waals surface area contributed by atoms with Crippen molar-refractivity contribution in [1.29, 1.82) is 0 Å². The zero-order chi connectivity index (χ0) is 12.4. The fourth-order valence-electron chi connectivity index (χ4n) is 2.19. The van der Waals surface area contributed by atoms with Crippen LogP contribution in [0.1, 0.15) is 24.6 Å². The minimum atomic E-state index is -0.191. The number of primary amides is 1. The summed E-state index contributed by atoms with van der Waals surface area (Å²) in [4.78, 5) is 18.7. The third kappa shape index (κ3) is 3.18. The van der Waals surface area contributed by atoms with Gasteiger partial charge in [-0.1, -0.05) is 11.6 Å². The normalized spacial score (nSPS) is 26.0. The summed E-state index contributed by atoms with van der Waals surface area (Å²) < 4.78 is 0.566. The van der Waals surface area contributed by atoms with E-state index in [9.17, 15) is 4.79 Å². The summed E-state index contributed by atoms with van der Waals surface area (Å²) in [7, 11) is 0. The van der Waals surface area contributed by atoms with Gasteiger partial charge in [0.2, 0.25) is 5.91 Å². The first-order chi connectivity index (χ1) is 8.06. The summed E-state index contributed by atoms with van der Waals surface area (Å²) in [6.45, 7) is 3.72. The van der Waals surface area contributed by atoms with Crippen molar-refractivity contribution >= 4 is 28.8 Å². The maximum atomic E-state index is 11.2. The minimum Gasteiger partial charge on any atom is -0.369 e. The molecule has 1 aromatic rings. The largest absolute Gasteiger partial charge is 0.369 e. The molecule has 2 unspecified atom stereocenters. The SMILES string of the molecule is CC1CCC(C(N)=O)CN1Cc1cnc(Cl)s1. The number of aromatic nitrogens is 1. The molecule has 0 bridgehead atoms. The van der Waals surface area contributed by atoms with Crippen LogP contribution in [-0.4, -0.2) is 28.4 Å². The van der Waals surface area contributed by atoms with E-state index in [1.165, 1.54) is 11.3 Å². The fraction of sp³-hybridized carbons (Fsp3) is 0.636. The number of carbonyl (C=O) groups is 1. The van der Waals surface area contributed by atoms with Gasteiger partial charge < -0.3 is 5.73 Å². The van der Waals surface area contributed by atoms with Gasteiger partial charge in [-0.15, -0.1) is 11.3 Å². The zero-order valence-electron chi connectivity index (χ0n) is 9.73. The van der Waals surface area contributed by atoms with Crippen molar-refractivity contribution in [3.63, 3.8) is 0 Å². The molecule has 0 radical (unpaired) electrons. The van der Waals surface area contributed by atoms with Crippen LogP contribution in [0.25, 0.3) is 0 Å². The average molecular weight is 274 g/mol. The number of nitrogens with zero attached hydrogens (tertiary/aromatic N) is 2. The molecule has 17 heavy (non-hydrogen) atoms.